The van der Waals surface area contributed by atoms with Crippen molar-refractivity contribution in [3.05, 3.63) is 53.5 Å². The van der Waals surface area contributed by atoms with Crippen LogP contribution < -0.4 is 10.1 Å². The largest absolute Gasteiger partial charge is 0.492 e. The van der Waals surface area contributed by atoms with Crippen molar-refractivity contribution in [2.24, 2.45) is 0 Å². The van der Waals surface area contributed by atoms with E-state index in [2.05, 4.69) is 22.3 Å². The maximum atomic E-state index is 5.74. The van der Waals surface area contributed by atoms with Gasteiger partial charge in [-0.1, -0.05) is 12.1 Å². The molecule has 0 fully saturated rings. The van der Waals surface area contributed by atoms with Crippen LogP contribution in [0, 0.1) is 6.92 Å². The summed E-state index contributed by atoms with van der Waals surface area (Å²) in [6, 6.07) is 12.2. The van der Waals surface area contributed by atoms with Gasteiger partial charge in [0.1, 0.15) is 23.9 Å². The summed E-state index contributed by atoms with van der Waals surface area (Å²) < 4.78 is 11.3. The highest BCUT2D eigenvalue weighted by molar-refractivity contribution is 5.28. The van der Waals surface area contributed by atoms with Gasteiger partial charge < -0.3 is 19.4 Å². The fourth-order valence-corrected chi connectivity index (χ4v) is 2.00. The van der Waals surface area contributed by atoms with Crippen molar-refractivity contribution in [2.45, 2.75) is 20.0 Å². The highest BCUT2D eigenvalue weighted by atomic mass is 16.5. The Morgan fingerprint density at radius 3 is 2.71 bits per heavy atom. The molecule has 0 aliphatic rings. The van der Waals surface area contributed by atoms with Crippen LogP contribution in [0.25, 0.3) is 0 Å². The molecule has 0 saturated heterocycles. The second kappa shape index (κ2) is 7.86. The zero-order chi connectivity index (χ0) is 15.1. The Hall–Kier alpha value is -1.78. The summed E-state index contributed by atoms with van der Waals surface area (Å²) in [6.45, 7) is 5.11. The molecule has 0 radical (unpaired) electrons. The van der Waals surface area contributed by atoms with Crippen LogP contribution in [-0.4, -0.2) is 32.1 Å². The molecule has 1 aromatic heterocycles. The smallest absolute Gasteiger partial charge is 0.119 e. The van der Waals surface area contributed by atoms with Gasteiger partial charge in [0.15, 0.2) is 0 Å². The first-order valence-corrected chi connectivity index (χ1v) is 7.26. The lowest BCUT2D eigenvalue weighted by Gasteiger charge is -2.12. The molecule has 0 saturated carbocycles. The summed E-state index contributed by atoms with van der Waals surface area (Å²) in [7, 11) is 4.08. The van der Waals surface area contributed by atoms with Crippen molar-refractivity contribution in [2.75, 3.05) is 27.2 Å². The molecule has 1 heterocycles. The second-order valence-electron chi connectivity index (χ2n) is 5.42. The first-order chi connectivity index (χ1) is 10.1. The third kappa shape index (κ3) is 5.61. The number of aryl methyl sites for hydroxylation is 1. The Balaban J connectivity index is 1.77. The lowest BCUT2D eigenvalue weighted by atomic mass is 10.2. The number of nitrogens with zero attached hydrogens (tertiary/aromatic N) is 1. The Morgan fingerprint density at radius 1 is 1.14 bits per heavy atom. The summed E-state index contributed by atoms with van der Waals surface area (Å²) in [6.07, 6.45) is 0. The predicted octanol–water partition coefficient (Wildman–Crippen LogP) is 2.82. The number of nitrogens with one attached hydrogen (secondary N) is 1. The first-order valence-electron chi connectivity index (χ1n) is 7.26. The molecule has 2 aromatic rings. The SMILES string of the molecule is Cc1ccc(CNCc2cccc(OCCN(C)C)c2)o1. The highest BCUT2D eigenvalue weighted by Gasteiger charge is 2.00. The number of hydrogen-bond donors (Lipinski definition) is 1. The van der Waals surface area contributed by atoms with Crippen molar-refractivity contribution >= 4 is 0 Å². The molecule has 0 atom stereocenters. The van der Waals surface area contributed by atoms with E-state index in [4.69, 9.17) is 9.15 Å². The van der Waals surface area contributed by atoms with Gasteiger partial charge in [-0.15, -0.1) is 0 Å². The van der Waals surface area contributed by atoms with Gasteiger partial charge >= 0.3 is 0 Å². The van der Waals surface area contributed by atoms with Gasteiger partial charge in [-0.3, -0.25) is 0 Å². The molecule has 4 nitrogen and oxygen atoms in total. The van der Waals surface area contributed by atoms with E-state index in [0.717, 1.165) is 36.9 Å². The molecule has 0 aliphatic carbocycles. The van der Waals surface area contributed by atoms with Gasteiger partial charge in [0.2, 0.25) is 0 Å². The number of likely N-dealkylation sites (N-methyl/N-ethyl adjacent to an activating group) is 1. The van der Waals surface area contributed by atoms with Crippen LogP contribution in [0.5, 0.6) is 5.75 Å². The molecule has 1 N–H and O–H groups in total. The quantitative estimate of drug-likeness (QED) is 0.810. The van der Waals surface area contributed by atoms with Gasteiger partial charge in [0, 0.05) is 13.1 Å². The van der Waals surface area contributed by atoms with Crippen LogP contribution >= 0.6 is 0 Å². The minimum Gasteiger partial charge on any atom is -0.492 e. The summed E-state index contributed by atoms with van der Waals surface area (Å²) in [5.41, 5.74) is 1.21. The summed E-state index contributed by atoms with van der Waals surface area (Å²) >= 11 is 0. The molecule has 0 aliphatic heterocycles. The molecule has 2 rings (SSSR count). The minimum atomic E-state index is 0.704. The zero-order valence-corrected chi connectivity index (χ0v) is 13.1. The number of furan rings is 1. The van der Waals surface area contributed by atoms with E-state index in [1.165, 1.54) is 5.56 Å². The average molecular weight is 288 g/mol. The standard InChI is InChI=1S/C17H24N2O2/c1-14-7-8-17(21-14)13-18-12-15-5-4-6-16(11-15)20-10-9-19(2)3/h4-8,11,18H,9-10,12-13H2,1-3H3. The third-order valence-electron chi connectivity index (χ3n) is 3.13. The van der Waals surface area contributed by atoms with Crippen LogP contribution in [0.1, 0.15) is 17.1 Å². The predicted molar refractivity (Wildman–Crippen MR) is 84.5 cm³/mol. The van der Waals surface area contributed by atoms with Crippen molar-refractivity contribution in [3.8, 4) is 5.75 Å². The summed E-state index contributed by atoms with van der Waals surface area (Å²) in [5.74, 6) is 2.83. The van der Waals surface area contributed by atoms with E-state index in [-0.39, 0.29) is 0 Å². The van der Waals surface area contributed by atoms with E-state index < -0.39 is 0 Å². The molecule has 0 spiro atoms. The monoisotopic (exact) mass is 288 g/mol. The molecule has 114 valence electrons. The van der Waals surface area contributed by atoms with Crippen molar-refractivity contribution in [1.82, 2.24) is 10.2 Å². The fraction of sp³-hybridized carbons (Fsp3) is 0.412. The third-order valence-corrected chi connectivity index (χ3v) is 3.13. The molecule has 0 amide bonds. The lowest BCUT2D eigenvalue weighted by Crippen LogP contribution is -2.19. The van der Waals surface area contributed by atoms with E-state index in [9.17, 15) is 0 Å². The summed E-state index contributed by atoms with van der Waals surface area (Å²) in [4.78, 5) is 2.11. The van der Waals surface area contributed by atoms with Crippen molar-refractivity contribution in [1.29, 1.82) is 0 Å². The number of hydrogen-bond acceptors (Lipinski definition) is 4. The molecule has 4 heteroatoms. The molecular formula is C17H24N2O2. The van der Waals surface area contributed by atoms with Gasteiger partial charge in [-0.25, -0.2) is 0 Å². The Bertz CT molecular complexity index is 549. The zero-order valence-electron chi connectivity index (χ0n) is 13.1. The number of ether oxygens (including phenoxy) is 1. The Kier molecular flexibility index (Phi) is 5.84. The van der Waals surface area contributed by atoms with Gasteiger partial charge in [0.25, 0.3) is 0 Å². The van der Waals surface area contributed by atoms with E-state index in [1.54, 1.807) is 0 Å². The molecular weight excluding hydrogens is 264 g/mol. The minimum absolute atomic E-state index is 0.704. The van der Waals surface area contributed by atoms with Gasteiger partial charge in [-0.2, -0.15) is 0 Å². The normalized spacial score (nSPS) is 11.0. The van der Waals surface area contributed by atoms with Gasteiger partial charge in [-0.05, 0) is 50.8 Å². The average Bonchev–Trinajstić information content (AvgIpc) is 2.85. The van der Waals surface area contributed by atoms with Crippen LogP contribution in [0.15, 0.2) is 40.8 Å². The second-order valence-corrected chi connectivity index (χ2v) is 5.42. The molecule has 0 unspecified atom stereocenters. The maximum absolute atomic E-state index is 5.74. The Labute approximate surface area is 126 Å². The van der Waals surface area contributed by atoms with E-state index in [0.29, 0.717) is 6.61 Å². The number of rotatable bonds is 8. The Morgan fingerprint density at radius 2 is 2.00 bits per heavy atom. The van der Waals surface area contributed by atoms with Crippen LogP contribution in [0.4, 0.5) is 0 Å². The van der Waals surface area contributed by atoms with Crippen molar-refractivity contribution < 1.29 is 9.15 Å². The molecule has 21 heavy (non-hydrogen) atoms. The maximum Gasteiger partial charge on any atom is 0.119 e. The first kappa shape index (κ1) is 15.6. The fourth-order valence-electron chi connectivity index (χ4n) is 2.00. The van der Waals surface area contributed by atoms with Crippen LogP contribution in [0.2, 0.25) is 0 Å². The molecule has 0 bridgehead atoms. The van der Waals surface area contributed by atoms with Crippen LogP contribution in [-0.2, 0) is 13.1 Å². The topological polar surface area (TPSA) is 37.6 Å². The highest BCUT2D eigenvalue weighted by Crippen LogP contribution is 2.13. The van der Waals surface area contributed by atoms with E-state index >= 15 is 0 Å². The summed E-state index contributed by atoms with van der Waals surface area (Å²) in [5, 5.41) is 3.38. The van der Waals surface area contributed by atoms with Gasteiger partial charge in [0.05, 0.1) is 6.54 Å². The number of benzene rings is 1. The van der Waals surface area contributed by atoms with Crippen LogP contribution in [0.3, 0.4) is 0 Å². The van der Waals surface area contributed by atoms with E-state index in [1.807, 2.05) is 45.3 Å². The lowest BCUT2D eigenvalue weighted by molar-refractivity contribution is 0.261. The van der Waals surface area contributed by atoms with Crippen molar-refractivity contribution in [3.63, 3.8) is 0 Å². The molecule has 1 aromatic carbocycles.